The average Bonchev–Trinajstić information content (AvgIpc) is 3.44. The summed E-state index contributed by atoms with van der Waals surface area (Å²) in [4.78, 5) is 14.8. The summed E-state index contributed by atoms with van der Waals surface area (Å²) in [6.07, 6.45) is 4.06. The van der Waals surface area contributed by atoms with Gasteiger partial charge in [-0.05, 0) is 49.9 Å². The van der Waals surface area contributed by atoms with Crippen LogP contribution in [0.4, 0.5) is 11.5 Å². The molecule has 1 saturated heterocycles. The standard InChI is InChI=1S/C19H20N6O/c26-19-15(7-4-12-24(19)14-5-2-1-3-6-14)20-16-10-11-17-21-22-18(13-8-9-13)25(17)23-16/h1-3,5-6,10-11,13,15H,4,7-9,12H2,(H,20,23). The number of hydrogen-bond donors (Lipinski definition) is 1. The molecule has 1 aliphatic heterocycles. The molecule has 1 amide bonds. The third-order valence-electron chi connectivity index (χ3n) is 5.06. The van der Waals surface area contributed by atoms with Crippen molar-refractivity contribution < 1.29 is 4.79 Å². The summed E-state index contributed by atoms with van der Waals surface area (Å²) in [5, 5.41) is 16.4. The molecule has 1 atom stereocenters. The Kier molecular flexibility index (Phi) is 3.58. The predicted molar refractivity (Wildman–Crippen MR) is 98.2 cm³/mol. The summed E-state index contributed by atoms with van der Waals surface area (Å²) in [6.45, 7) is 0.755. The maximum Gasteiger partial charge on any atom is 0.249 e. The summed E-state index contributed by atoms with van der Waals surface area (Å²) < 4.78 is 1.81. The second-order valence-electron chi connectivity index (χ2n) is 6.99. The van der Waals surface area contributed by atoms with Crippen molar-refractivity contribution in [3.63, 3.8) is 0 Å². The fourth-order valence-electron chi connectivity index (χ4n) is 3.53. The lowest BCUT2D eigenvalue weighted by Gasteiger charge is -2.32. The lowest BCUT2D eigenvalue weighted by molar-refractivity contribution is -0.120. The topological polar surface area (TPSA) is 75.4 Å². The van der Waals surface area contributed by atoms with Crippen LogP contribution in [0, 0.1) is 0 Å². The molecule has 132 valence electrons. The fraction of sp³-hybridized carbons (Fsp3) is 0.368. The Bertz CT molecular complexity index is 949. The third kappa shape index (κ3) is 2.69. The molecule has 1 N–H and O–H groups in total. The number of nitrogens with one attached hydrogen (secondary N) is 1. The number of hydrogen-bond acceptors (Lipinski definition) is 5. The SMILES string of the molecule is O=C1C(Nc2ccc3nnc(C4CC4)n3n2)CCCN1c1ccccc1. The van der Waals surface area contributed by atoms with Crippen LogP contribution >= 0.6 is 0 Å². The van der Waals surface area contributed by atoms with E-state index >= 15 is 0 Å². The molecule has 1 unspecified atom stereocenters. The van der Waals surface area contributed by atoms with Gasteiger partial charge in [0.1, 0.15) is 11.9 Å². The van der Waals surface area contributed by atoms with Gasteiger partial charge in [0.25, 0.3) is 0 Å². The van der Waals surface area contributed by atoms with E-state index in [4.69, 9.17) is 0 Å². The normalized spacial score (nSPS) is 20.5. The molecule has 7 nitrogen and oxygen atoms in total. The summed E-state index contributed by atoms with van der Waals surface area (Å²) in [5.74, 6) is 2.17. The summed E-state index contributed by atoms with van der Waals surface area (Å²) in [7, 11) is 0. The van der Waals surface area contributed by atoms with Crippen molar-refractivity contribution >= 4 is 23.1 Å². The number of nitrogens with zero attached hydrogens (tertiary/aromatic N) is 5. The molecule has 2 fully saturated rings. The van der Waals surface area contributed by atoms with E-state index in [0.29, 0.717) is 11.7 Å². The highest BCUT2D eigenvalue weighted by Crippen LogP contribution is 2.38. The number of rotatable bonds is 4. The van der Waals surface area contributed by atoms with E-state index in [1.165, 1.54) is 0 Å². The second kappa shape index (κ2) is 6.09. The molecular formula is C19H20N6O. The first-order valence-corrected chi connectivity index (χ1v) is 9.15. The summed E-state index contributed by atoms with van der Waals surface area (Å²) >= 11 is 0. The fourth-order valence-corrected chi connectivity index (χ4v) is 3.53. The van der Waals surface area contributed by atoms with Crippen molar-refractivity contribution in [2.45, 2.75) is 37.6 Å². The Morgan fingerprint density at radius 1 is 1.00 bits per heavy atom. The minimum absolute atomic E-state index is 0.0931. The molecule has 5 rings (SSSR count). The van der Waals surface area contributed by atoms with Crippen molar-refractivity contribution in [3.8, 4) is 0 Å². The number of anilines is 2. The number of carbonyl (C=O) groups excluding carboxylic acids is 1. The number of para-hydroxylation sites is 1. The molecule has 2 aromatic heterocycles. The molecule has 26 heavy (non-hydrogen) atoms. The van der Waals surface area contributed by atoms with Crippen LogP contribution in [0.2, 0.25) is 0 Å². The van der Waals surface area contributed by atoms with Gasteiger partial charge in [-0.15, -0.1) is 15.3 Å². The van der Waals surface area contributed by atoms with Crippen molar-refractivity contribution in [1.29, 1.82) is 0 Å². The van der Waals surface area contributed by atoms with Crippen LogP contribution in [0.25, 0.3) is 5.65 Å². The maximum absolute atomic E-state index is 12.9. The van der Waals surface area contributed by atoms with Gasteiger partial charge in [-0.3, -0.25) is 4.79 Å². The minimum atomic E-state index is -0.269. The van der Waals surface area contributed by atoms with Gasteiger partial charge >= 0.3 is 0 Å². The van der Waals surface area contributed by atoms with Crippen LogP contribution in [0.3, 0.4) is 0 Å². The highest BCUT2D eigenvalue weighted by Gasteiger charge is 2.31. The molecule has 0 bridgehead atoms. The maximum atomic E-state index is 12.9. The molecule has 0 radical (unpaired) electrons. The van der Waals surface area contributed by atoms with Gasteiger partial charge in [0.15, 0.2) is 11.5 Å². The lowest BCUT2D eigenvalue weighted by Crippen LogP contribution is -2.47. The monoisotopic (exact) mass is 348 g/mol. The lowest BCUT2D eigenvalue weighted by atomic mass is 10.0. The molecule has 1 aliphatic carbocycles. The van der Waals surface area contributed by atoms with Gasteiger partial charge in [0, 0.05) is 18.2 Å². The van der Waals surface area contributed by atoms with E-state index in [2.05, 4.69) is 20.6 Å². The Morgan fingerprint density at radius 2 is 1.85 bits per heavy atom. The van der Waals surface area contributed by atoms with Crippen LogP contribution in [0.1, 0.15) is 37.4 Å². The van der Waals surface area contributed by atoms with E-state index in [1.807, 2.05) is 51.9 Å². The van der Waals surface area contributed by atoms with Crippen molar-refractivity contribution in [2.75, 3.05) is 16.8 Å². The Labute approximate surface area is 151 Å². The van der Waals surface area contributed by atoms with Gasteiger partial charge in [0.2, 0.25) is 5.91 Å². The number of amides is 1. The van der Waals surface area contributed by atoms with Gasteiger partial charge in [-0.1, -0.05) is 18.2 Å². The Balaban J connectivity index is 1.39. The molecule has 1 saturated carbocycles. The molecule has 3 heterocycles. The highest BCUT2D eigenvalue weighted by molar-refractivity contribution is 5.99. The van der Waals surface area contributed by atoms with Crippen LogP contribution in [0.5, 0.6) is 0 Å². The highest BCUT2D eigenvalue weighted by atomic mass is 16.2. The third-order valence-corrected chi connectivity index (χ3v) is 5.06. The second-order valence-corrected chi connectivity index (χ2v) is 6.99. The zero-order valence-electron chi connectivity index (χ0n) is 14.4. The first kappa shape index (κ1) is 15.3. The van der Waals surface area contributed by atoms with Crippen LogP contribution in [-0.2, 0) is 4.79 Å². The summed E-state index contributed by atoms with van der Waals surface area (Å²) in [6, 6.07) is 13.3. The number of aromatic nitrogens is 4. The minimum Gasteiger partial charge on any atom is -0.357 e. The molecule has 3 aromatic rings. The van der Waals surface area contributed by atoms with E-state index in [9.17, 15) is 4.79 Å². The number of piperidine rings is 1. The number of benzene rings is 1. The largest absolute Gasteiger partial charge is 0.357 e. The molecule has 1 aromatic carbocycles. The quantitative estimate of drug-likeness (QED) is 0.784. The molecular weight excluding hydrogens is 328 g/mol. The smallest absolute Gasteiger partial charge is 0.249 e. The van der Waals surface area contributed by atoms with Crippen LogP contribution < -0.4 is 10.2 Å². The number of carbonyl (C=O) groups is 1. The van der Waals surface area contributed by atoms with Gasteiger partial charge < -0.3 is 10.2 Å². The Hall–Kier alpha value is -2.96. The zero-order valence-corrected chi connectivity index (χ0v) is 14.4. The molecule has 0 spiro atoms. The van der Waals surface area contributed by atoms with Crippen molar-refractivity contribution in [1.82, 2.24) is 19.8 Å². The van der Waals surface area contributed by atoms with Gasteiger partial charge in [0.05, 0.1) is 0 Å². The predicted octanol–water partition coefficient (Wildman–Crippen LogP) is 2.61. The van der Waals surface area contributed by atoms with Crippen LogP contribution in [-0.4, -0.2) is 38.3 Å². The van der Waals surface area contributed by atoms with Crippen molar-refractivity contribution in [3.05, 3.63) is 48.3 Å². The Morgan fingerprint density at radius 3 is 2.65 bits per heavy atom. The zero-order chi connectivity index (χ0) is 17.5. The molecule has 2 aliphatic rings. The van der Waals surface area contributed by atoms with Gasteiger partial charge in [-0.2, -0.15) is 4.52 Å². The first-order chi connectivity index (χ1) is 12.8. The van der Waals surface area contributed by atoms with E-state index in [0.717, 1.165) is 49.4 Å². The van der Waals surface area contributed by atoms with Gasteiger partial charge in [-0.25, -0.2) is 0 Å². The summed E-state index contributed by atoms with van der Waals surface area (Å²) in [5.41, 5.74) is 1.69. The van der Waals surface area contributed by atoms with E-state index < -0.39 is 0 Å². The number of fused-ring (bicyclic) bond motifs is 1. The van der Waals surface area contributed by atoms with Crippen molar-refractivity contribution in [2.24, 2.45) is 0 Å². The van der Waals surface area contributed by atoms with E-state index in [1.54, 1.807) is 0 Å². The van der Waals surface area contributed by atoms with Crippen LogP contribution in [0.15, 0.2) is 42.5 Å². The molecule has 7 heteroatoms. The average molecular weight is 348 g/mol. The first-order valence-electron chi connectivity index (χ1n) is 9.15. The van der Waals surface area contributed by atoms with E-state index in [-0.39, 0.29) is 11.9 Å².